The molecule has 1 amide bonds. The fraction of sp³-hybridized carbons (Fsp3) is 0.471. The third kappa shape index (κ3) is 8.17. The lowest BCUT2D eigenvalue weighted by Crippen LogP contribution is -2.49. The standard InChI is InChI=1S/C17H23NO6/c1-17(2,3)24-16(22)18-13(15(20)21)9-10-14(19)23-11-12-7-5-4-6-8-12/h4-8,13H,9-11H2,1-3H3,(H,18,22)(H,20,21)/p-1. The molecule has 0 radical (unpaired) electrons. The van der Waals surface area contributed by atoms with E-state index in [4.69, 9.17) is 9.47 Å². The van der Waals surface area contributed by atoms with Crippen LogP contribution < -0.4 is 10.4 Å². The number of carboxylic acid groups (broad SMARTS) is 1. The summed E-state index contributed by atoms with van der Waals surface area (Å²) in [6, 6.07) is 7.77. The van der Waals surface area contributed by atoms with Crippen molar-refractivity contribution >= 4 is 18.0 Å². The Hall–Kier alpha value is -2.57. The van der Waals surface area contributed by atoms with Gasteiger partial charge in [0.15, 0.2) is 0 Å². The summed E-state index contributed by atoms with van der Waals surface area (Å²) in [5.41, 5.74) is 0.0732. The van der Waals surface area contributed by atoms with Gasteiger partial charge in [-0.25, -0.2) is 4.79 Å². The first kappa shape index (κ1) is 19.5. The monoisotopic (exact) mass is 336 g/mol. The summed E-state index contributed by atoms with van der Waals surface area (Å²) >= 11 is 0. The zero-order valence-corrected chi connectivity index (χ0v) is 14.0. The summed E-state index contributed by atoms with van der Waals surface area (Å²) in [5, 5.41) is 13.2. The van der Waals surface area contributed by atoms with Gasteiger partial charge in [0.05, 0.1) is 12.0 Å². The molecule has 0 saturated carbocycles. The number of amides is 1. The second-order valence-corrected chi connectivity index (χ2v) is 6.20. The first-order chi connectivity index (χ1) is 11.2. The molecule has 1 unspecified atom stereocenters. The molecule has 1 aromatic rings. The summed E-state index contributed by atoms with van der Waals surface area (Å²) in [6.45, 7) is 5.07. The molecule has 1 rings (SSSR count). The molecule has 1 N–H and O–H groups in total. The number of ether oxygens (including phenoxy) is 2. The maximum atomic E-state index is 11.7. The van der Waals surface area contributed by atoms with Crippen LogP contribution >= 0.6 is 0 Å². The lowest BCUT2D eigenvalue weighted by Gasteiger charge is -2.24. The lowest BCUT2D eigenvalue weighted by atomic mass is 10.1. The summed E-state index contributed by atoms with van der Waals surface area (Å²) in [7, 11) is 0. The number of esters is 1. The number of aliphatic carboxylic acids is 1. The van der Waals surface area contributed by atoms with Crippen LogP contribution in [0.3, 0.4) is 0 Å². The molecule has 0 aliphatic carbocycles. The van der Waals surface area contributed by atoms with Gasteiger partial charge in [0, 0.05) is 6.42 Å². The van der Waals surface area contributed by atoms with E-state index in [0.29, 0.717) is 0 Å². The zero-order chi connectivity index (χ0) is 18.2. The van der Waals surface area contributed by atoms with Crippen LogP contribution in [0.25, 0.3) is 0 Å². The van der Waals surface area contributed by atoms with E-state index < -0.39 is 29.7 Å². The molecular weight excluding hydrogens is 314 g/mol. The predicted octanol–water partition coefficient (Wildman–Crippen LogP) is 1.15. The van der Waals surface area contributed by atoms with Crippen LogP contribution in [0.1, 0.15) is 39.2 Å². The van der Waals surface area contributed by atoms with Crippen molar-refractivity contribution in [1.82, 2.24) is 5.32 Å². The SMILES string of the molecule is CC(C)(C)OC(=O)NC(CCC(=O)OCc1ccccc1)C(=O)[O-]. The summed E-state index contributed by atoms with van der Waals surface area (Å²) < 4.78 is 10.0. The normalized spacial score (nSPS) is 12.1. The number of alkyl carbamates (subject to hydrolysis) is 1. The van der Waals surface area contributed by atoms with Gasteiger partial charge in [-0.3, -0.25) is 4.79 Å². The highest BCUT2D eigenvalue weighted by Crippen LogP contribution is 2.08. The van der Waals surface area contributed by atoms with Crippen molar-refractivity contribution in [1.29, 1.82) is 0 Å². The van der Waals surface area contributed by atoms with Crippen molar-refractivity contribution in [3.63, 3.8) is 0 Å². The summed E-state index contributed by atoms with van der Waals surface area (Å²) in [5.74, 6) is -2.05. The number of carbonyl (C=O) groups is 3. The van der Waals surface area contributed by atoms with E-state index in [2.05, 4.69) is 5.32 Å². The van der Waals surface area contributed by atoms with Gasteiger partial charge in [0.1, 0.15) is 12.2 Å². The van der Waals surface area contributed by atoms with E-state index in [1.807, 2.05) is 18.2 Å². The smallest absolute Gasteiger partial charge is 0.408 e. The molecule has 0 saturated heterocycles. The van der Waals surface area contributed by atoms with Gasteiger partial charge in [-0.2, -0.15) is 0 Å². The molecule has 7 heteroatoms. The van der Waals surface area contributed by atoms with Crippen LogP contribution in [-0.2, 0) is 25.7 Å². The van der Waals surface area contributed by atoms with E-state index in [1.165, 1.54) is 0 Å². The average Bonchev–Trinajstić information content (AvgIpc) is 2.48. The van der Waals surface area contributed by atoms with Gasteiger partial charge in [-0.15, -0.1) is 0 Å². The number of carboxylic acids is 1. The number of rotatable bonds is 7. The fourth-order valence-electron chi connectivity index (χ4n) is 1.77. The predicted molar refractivity (Wildman–Crippen MR) is 83.6 cm³/mol. The van der Waals surface area contributed by atoms with Gasteiger partial charge in [0.2, 0.25) is 0 Å². The molecule has 1 atom stereocenters. The highest BCUT2D eigenvalue weighted by atomic mass is 16.6. The van der Waals surface area contributed by atoms with E-state index in [-0.39, 0.29) is 19.4 Å². The summed E-state index contributed by atoms with van der Waals surface area (Å²) in [4.78, 5) is 34.3. The number of hydrogen-bond acceptors (Lipinski definition) is 6. The van der Waals surface area contributed by atoms with Crippen molar-refractivity contribution in [2.24, 2.45) is 0 Å². The first-order valence-electron chi connectivity index (χ1n) is 7.57. The van der Waals surface area contributed by atoms with Gasteiger partial charge < -0.3 is 24.7 Å². The Kier molecular flexibility index (Phi) is 7.23. The zero-order valence-electron chi connectivity index (χ0n) is 14.0. The van der Waals surface area contributed by atoms with Gasteiger partial charge >= 0.3 is 12.1 Å². The van der Waals surface area contributed by atoms with Crippen LogP contribution in [-0.4, -0.2) is 29.7 Å². The van der Waals surface area contributed by atoms with Crippen molar-refractivity contribution in [3.05, 3.63) is 35.9 Å². The fourth-order valence-corrected chi connectivity index (χ4v) is 1.77. The maximum Gasteiger partial charge on any atom is 0.408 e. The number of benzene rings is 1. The minimum absolute atomic E-state index is 0.106. The Morgan fingerprint density at radius 1 is 1.17 bits per heavy atom. The van der Waals surface area contributed by atoms with E-state index in [9.17, 15) is 19.5 Å². The molecule has 0 spiro atoms. The van der Waals surface area contributed by atoms with Crippen LogP contribution in [0.4, 0.5) is 4.79 Å². The molecule has 0 aliphatic rings. The molecule has 1 aromatic carbocycles. The average molecular weight is 336 g/mol. The highest BCUT2D eigenvalue weighted by Gasteiger charge is 2.21. The van der Waals surface area contributed by atoms with Crippen molar-refractivity contribution in [2.45, 2.75) is 51.9 Å². The Balaban J connectivity index is 2.41. The molecule has 0 aromatic heterocycles. The largest absolute Gasteiger partial charge is 0.548 e. The van der Waals surface area contributed by atoms with Crippen LogP contribution in [0.2, 0.25) is 0 Å². The Morgan fingerprint density at radius 2 is 1.79 bits per heavy atom. The van der Waals surface area contributed by atoms with E-state index in [0.717, 1.165) is 5.56 Å². The quantitative estimate of drug-likeness (QED) is 0.749. The Labute approximate surface area is 141 Å². The molecule has 0 heterocycles. The summed E-state index contributed by atoms with van der Waals surface area (Å²) in [6.07, 6.45) is -1.19. The third-order valence-electron chi connectivity index (χ3n) is 2.86. The minimum Gasteiger partial charge on any atom is -0.548 e. The molecule has 0 aliphatic heterocycles. The topological polar surface area (TPSA) is 105 Å². The number of nitrogens with one attached hydrogen (secondary N) is 1. The second kappa shape index (κ2) is 8.90. The number of carbonyl (C=O) groups excluding carboxylic acids is 3. The van der Waals surface area contributed by atoms with Crippen molar-refractivity contribution < 1.29 is 29.0 Å². The molecule has 0 bridgehead atoms. The Bertz CT molecular complexity index is 564. The number of hydrogen-bond donors (Lipinski definition) is 1. The molecule has 0 fully saturated rings. The van der Waals surface area contributed by atoms with Crippen molar-refractivity contribution in [3.8, 4) is 0 Å². The van der Waals surface area contributed by atoms with Crippen LogP contribution in [0.15, 0.2) is 30.3 Å². The van der Waals surface area contributed by atoms with Gasteiger partial charge in [-0.1, -0.05) is 30.3 Å². The van der Waals surface area contributed by atoms with E-state index in [1.54, 1.807) is 32.9 Å². The van der Waals surface area contributed by atoms with Gasteiger partial charge in [-0.05, 0) is 32.8 Å². The lowest BCUT2D eigenvalue weighted by molar-refractivity contribution is -0.308. The third-order valence-corrected chi connectivity index (χ3v) is 2.86. The maximum absolute atomic E-state index is 11.7. The molecule has 132 valence electrons. The second-order valence-electron chi connectivity index (χ2n) is 6.20. The molecular formula is C17H22NO6-. The van der Waals surface area contributed by atoms with Crippen LogP contribution in [0.5, 0.6) is 0 Å². The first-order valence-corrected chi connectivity index (χ1v) is 7.57. The minimum atomic E-state index is -1.49. The van der Waals surface area contributed by atoms with Crippen molar-refractivity contribution in [2.75, 3.05) is 0 Å². The highest BCUT2D eigenvalue weighted by molar-refractivity contribution is 5.79. The molecule has 7 nitrogen and oxygen atoms in total. The van der Waals surface area contributed by atoms with Gasteiger partial charge in [0.25, 0.3) is 0 Å². The Morgan fingerprint density at radius 3 is 2.33 bits per heavy atom. The van der Waals surface area contributed by atoms with Crippen LogP contribution in [0, 0.1) is 0 Å². The van der Waals surface area contributed by atoms with E-state index >= 15 is 0 Å². The molecule has 24 heavy (non-hydrogen) atoms.